The Bertz CT molecular complexity index is 208. The van der Waals surface area contributed by atoms with Crippen LogP contribution in [-0.4, -0.2) is 47.8 Å². The van der Waals surface area contributed by atoms with Crippen molar-refractivity contribution in [2.75, 3.05) is 19.8 Å². The summed E-state index contributed by atoms with van der Waals surface area (Å²) in [6, 6.07) is -0.0380. The first-order valence-corrected chi connectivity index (χ1v) is 5.77. The molecule has 2 atom stereocenters. The number of hydrogen-bond donors (Lipinski definition) is 1. The Morgan fingerprint density at radius 1 is 1.60 bits per heavy atom. The highest BCUT2D eigenvalue weighted by Gasteiger charge is 2.33. The maximum absolute atomic E-state index is 11.1. The molecule has 1 N–H and O–H groups in total. The number of rotatable bonds is 6. The van der Waals surface area contributed by atoms with E-state index in [1.54, 1.807) is 0 Å². The molecule has 0 radical (unpaired) electrons. The molecule has 0 amide bonds. The van der Waals surface area contributed by atoms with Crippen LogP contribution in [0.25, 0.3) is 0 Å². The van der Waals surface area contributed by atoms with E-state index in [1.807, 2.05) is 13.8 Å². The first-order chi connectivity index (χ1) is 7.20. The zero-order valence-corrected chi connectivity index (χ0v) is 9.61. The van der Waals surface area contributed by atoms with Crippen LogP contribution in [-0.2, 0) is 9.53 Å². The average molecular weight is 215 g/mol. The number of aliphatic carboxylic acids is 1. The van der Waals surface area contributed by atoms with Crippen LogP contribution in [0.4, 0.5) is 0 Å². The Morgan fingerprint density at radius 3 is 2.87 bits per heavy atom. The van der Waals surface area contributed by atoms with E-state index in [-0.39, 0.29) is 6.04 Å². The van der Waals surface area contributed by atoms with Crippen LogP contribution in [0.5, 0.6) is 0 Å². The molecule has 0 saturated carbocycles. The molecular formula is C11H21NO3. The molecule has 88 valence electrons. The molecule has 1 rings (SSSR count). The SMILES string of the molecule is CCOC[C@H]1CCCN1[C@H](CC)C(=O)O. The molecule has 4 nitrogen and oxygen atoms in total. The van der Waals surface area contributed by atoms with Crippen molar-refractivity contribution in [2.45, 2.75) is 45.2 Å². The van der Waals surface area contributed by atoms with E-state index in [0.29, 0.717) is 25.7 Å². The minimum absolute atomic E-state index is 0.297. The highest BCUT2D eigenvalue weighted by molar-refractivity contribution is 5.73. The second kappa shape index (κ2) is 6.08. The van der Waals surface area contributed by atoms with Crippen molar-refractivity contribution >= 4 is 5.97 Å². The van der Waals surface area contributed by atoms with Gasteiger partial charge in [-0.3, -0.25) is 9.69 Å². The second-order valence-corrected chi connectivity index (χ2v) is 3.96. The van der Waals surface area contributed by atoms with Gasteiger partial charge >= 0.3 is 5.97 Å². The summed E-state index contributed by atoms with van der Waals surface area (Å²) in [6.07, 6.45) is 2.81. The van der Waals surface area contributed by atoms with Crippen molar-refractivity contribution in [3.63, 3.8) is 0 Å². The third-order valence-corrected chi connectivity index (χ3v) is 3.01. The molecule has 1 aliphatic rings. The predicted molar refractivity (Wildman–Crippen MR) is 57.9 cm³/mol. The highest BCUT2D eigenvalue weighted by atomic mass is 16.5. The maximum atomic E-state index is 11.1. The van der Waals surface area contributed by atoms with E-state index in [2.05, 4.69) is 4.90 Å². The predicted octanol–water partition coefficient (Wildman–Crippen LogP) is 1.35. The third kappa shape index (κ3) is 3.18. The van der Waals surface area contributed by atoms with E-state index in [0.717, 1.165) is 19.4 Å². The smallest absolute Gasteiger partial charge is 0.320 e. The number of likely N-dealkylation sites (tertiary alicyclic amines) is 1. The number of carbonyl (C=O) groups is 1. The normalized spacial score (nSPS) is 24.3. The first kappa shape index (κ1) is 12.5. The summed E-state index contributed by atoms with van der Waals surface area (Å²) in [5.41, 5.74) is 0. The summed E-state index contributed by atoms with van der Waals surface area (Å²) in [5, 5.41) is 9.09. The largest absolute Gasteiger partial charge is 0.480 e. The maximum Gasteiger partial charge on any atom is 0.320 e. The fraction of sp³-hybridized carbons (Fsp3) is 0.909. The Labute approximate surface area is 91.2 Å². The molecule has 4 heteroatoms. The fourth-order valence-corrected chi connectivity index (χ4v) is 2.25. The summed E-state index contributed by atoms with van der Waals surface area (Å²) >= 11 is 0. The van der Waals surface area contributed by atoms with Gasteiger partial charge < -0.3 is 9.84 Å². The third-order valence-electron chi connectivity index (χ3n) is 3.01. The zero-order chi connectivity index (χ0) is 11.3. The van der Waals surface area contributed by atoms with E-state index in [1.165, 1.54) is 0 Å². The number of hydrogen-bond acceptors (Lipinski definition) is 3. The lowest BCUT2D eigenvalue weighted by atomic mass is 10.1. The van der Waals surface area contributed by atoms with Gasteiger partial charge in [0.15, 0.2) is 0 Å². The molecule has 15 heavy (non-hydrogen) atoms. The van der Waals surface area contributed by atoms with Crippen molar-refractivity contribution in [1.82, 2.24) is 4.90 Å². The second-order valence-electron chi connectivity index (χ2n) is 3.96. The lowest BCUT2D eigenvalue weighted by Gasteiger charge is -2.29. The Kier molecular flexibility index (Phi) is 5.05. The molecule has 1 fully saturated rings. The van der Waals surface area contributed by atoms with Crippen LogP contribution in [0.2, 0.25) is 0 Å². The zero-order valence-electron chi connectivity index (χ0n) is 9.61. The molecule has 0 aromatic heterocycles. The molecule has 1 aliphatic heterocycles. The van der Waals surface area contributed by atoms with E-state index in [4.69, 9.17) is 9.84 Å². The van der Waals surface area contributed by atoms with Crippen LogP contribution < -0.4 is 0 Å². The topological polar surface area (TPSA) is 49.8 Å². The molecule has 1 saturated heterocycles. The summed E-state index contributed by atoms with van der Waals surface area (Å²) in [6.45, 7) is 6.15. The highest BCUT2D eigenvalue weighted by Crippen LogP contribution is 2.22. The van der Waals surface area contributed by atoms with Gasteiger partial charge in [-0.05, 0) is 32.7 Å². The van der Waals surface area contributed by atoms with Gasteiger partial charge in [0.05, 0.1) is 6.61 Å². The molecule has 0 aliphatic carbocycles. The molecule has 0 unspecified atom stereocenters. The Balaban J connectivity index is 2.53. The summed E-state index contributed by atoms with van der Waals surface area (Å²) in [4.78, 5) is 13.1. The lowest BCUT2D eigenvalue weighted by molar-refractivity contribution is -0.144. The minimum Gasteiger partial charge on any atom is -0.480 e. The van der Waals surface area contributed by atoms with Crippen molar-refractivity contribution < 1.29 is 14.6 Å². The number of nitrogens with zero attached hydrogens (tertiary/aromatic N) is 1. The minimum atomic E-state index is -0.708. The molecule has 1 heterocycles. The molecule has 0 spiro atoms. The number of ether oxygens (including phenoxy) is 1. The monoisotopic (exact) mass is 215 g/mol. The van der Waals surface area contributed by atoms with Gasteiger partial charge in [0.25, 0.3) is 0 Å². The van der Waals surface area contributed by atoms with Crippen LogP contribution in [0, 0.1) is 0 Å². The van der Waals surface area contributed by atoms with Gasteiger partial charge in [0, 0.05) is 12.6 Å². The molecule has 0 bridgehead atoms. The lowest BCUT2D eigenvalue weighted by Crippen LogP contribution is -2.45. The van der Waals surface area contributed by atoms with Gasteiger partial charge in [-0.2, -0.15) is 0 Å². The van der Waals surface area contributed by atoms with Crippen LogP contribution in [0.3, 0.4) is 0 Å². The first-order valence-electron chi connectivity index (χ1n) is 5.77. The number of carboxylic acids is 1. The van der Waals surface area contributed by atoms with Crippen molar-refractivity contribution in [3.05, 3.63) is 0 Å². The van der Waals surface area contributed by atoms with Crippen molar-refractivity contribution in [3.8, 4) is 0 Å². The molecular weight excluding hydrogens is 194 g/mol. The quantitative estimate of drug-likeness (QED) is 0.726. The van der Waals surface area contributed by atoms with Crippen LogP contribution in [0.15, 0.2) is 0 Å². The molecule has 0 aromatic carbocycles. The fourth-order valence-electron chi connectivity index (χ4n) is 2.25. The standard InChI is InChI=1S/C11H21NO3/c1-3-10(11(13)14)12-7-5-6-9(12)8-15-4-2/h9-10H,3-8H2,1-2H3,(H,13,14)/t9-,10-/m1/s1. The van der Waals surface area contributed by atoms with Gasteiger partial charge in [0.1, 0.15) is 6.04 Å². The van der Waals surface area contributed by atoms with E-state index < -0.39 is 5.97 Å². The average Bonchev–Trinajstić information content (AvgIpc) is 2.64. The summed E-state index contributed by atoms with van der Waals surface area (Å²) in [5.74, 6) is -0.708. The van der Waals surface area contributed by atoms with Gasteiger partial charge in [-0.15, -0.1) is 0 Å². The van der Waals surface area contributed by atoms with Crippen molar-refractivity contribution in [1.29, 1.82) is 0 Å². The van der Waals surface area contributed by atoms with Crippen LogP contribution in [0.1, 0.15) is 33.1 Å². The van der Waals surface area contributed by atoms with Crippen LogP contribution >= 0.6 is 0 Å². The van der Waals surface area contributed by atoms with E-state index in [9.17, 15) is 4.79 Å². The van der Waals surface area contributed by atoms with Gasteiger partial charge in [0.2, 0.25) is 0 Å². The summed E-state index contributed by atoms with van der Waals surface area (Å²) < 4.78 is 5.39. The van der Waals surface area contributed by atoms with Crippen molar-refractivity contribution in [2.24, 2.45) is 0 Å². The summed E-state index contributed by atoms with van der Waals surface area (Å²) in [7, 11) is 0. The Morgan fingerprint density at radius 2 is 2.33 bits per heavy atom. The van der Waals surface area contributed by atoms with E-state index >= 15 is 0 Å². The van der Waals surface area contributed by atoms with Gasteiger partial charge in [-0.1, -0.05) is 6.92 Å². The molecule has 0 aromatic rings. The Hall–Kier alpha value is -0.610. The number of carboxylic acid groups (broad SMARTS) is 1. The van der Waals surface area contributed by atoms with Gasteiger partial charge in [-0.25, -0.2) is 0 Å².